The van der Waals surface area contributed by atoms with E-state index in [-0.39, 0.29) is 46.8 Å². The van der Waals surface area contributed by atoms with Crippen LogP contribution in [0.3, 0.4) is 0 Å². The van der Waals surface area contributed by atoms with E-state index in [1.807, 2.05) is 0 Å². The van der Waals surface area contributed by atoms with Crippen molar-refractivity contribution in [3.63, 3.8) is 0 Å². The van der Waals surface area contributed by atoms with Gasteiger partial charge in [0.15, 0.2) is 17.3 Å². The molecule has 3 heterocycles. The van der Waals surface area contributed by atoms with Gasteiger partial charge in [0.05, 0.1) is 23.0 Å². The van der Waals surface area contributed by atoms with Crippen LogP contribution >= 0.6 is 0 Å². The highest BCUT2D eigenvalue weighted by atomic mass is 16.6. The SMILES string of the molecule is O=C1C=C([C@H]2Oc3cc(O)c(O)cc3C[C@H]2O)[C@H](C(=O)O)[C@]23C[C@H](O[C@@H]4Cc5c(O)cc(O)cc5O[C@@H]42)C(=O)C(O)=C3C1=O. The molecule has 14 heteroatoms. The highest BCUT2D eigenvalue weighted by molar-refractivity contribution is 6.49. The Labute approximate surface area is 246 Å². The number of hydrogen-bond donors (Lipinski definition) is 7. The summed E-state index contributed by atoms with van der Waals surface area (Å²) in [6, 6.07) is 4.43. The quantitative estimate of drug-likeness (QED) is 0.182. The van der Waals surface area contributed by atoms with Crippen molar-refractivity contribution < 1.29 is 69.1 Å². The van der Waals surface area contributed by atoms with Crippen LogP contribution in [-0.4, -0.2) is 89.6 Å². The van der Waals surface area contributed by atoms with Gasteiger partial charge in [-0.3, -0.25) is 19.2 Å². The lowest BCUT2D eigenvalue weighted by Crippen LogP contribution is -2.67. The van der Waals surface area contributed by atoms with Crippen molar-refractivity contribution in [1.82, 2.24) is 0 Å². The summed E-state index contributed by atoms with van der Waals surface area (Å²) < 4.78 is 18.0. The number of carbonyl (C=O) groups is 4. The lowest BCUT2D eigenvalue weighted by molar-refractivity contribution is -0.197. The molecule has 1 saturated heterocycles. The number of aromatic hydroxyl groups is 4. The molecule has 0 unspecified atom stereocenters. The summed E-state index contributed by atoms with van der Waals surface area (Å²) in [5.74, 6) is -10.3. The number of carboxylic acids is 1. The topological polar surface area (TPSA) is 238 Å². The molecule has 0 aromatic heterocycles. The van der Waals surface area contributed by atoms with Gasteiger partial charge in [0.1, 0.15) is 47.4 Å². The second kappa shape index (κ2) is 9.21. The number of ether oxygens (including phenoxy) is 3. The van der Waals surface area contributed by atoms with Crippen molar-refractivity contribution in [3.05, 3.63) is 58.4 Å². The highest BCUT2D eigenvalue weighted by Crippen LogP contribution is 2.60. The maximum atomic E-state index is 13.7. The van der Waals surface area contributed by atoms with E-state index in [1.165, 1.54) is 0 Å². The summed E-state index contributed by atoms with van der Waals surface area (Å²) in [5.41, 5.74) is -2.85. The first-order valence-corrected chi connectivity index (χ1v) is 13.6. The van der Waals surface area contributed by atoms with Crippen molar-refractivity contribution in [2.75, 3.05) is 0 Å². The highest BCUT2D eigenvalue weighted by Gasteiger charge is 2.69. The van der Waals surface area contributed by atoms with E-state index in [9.17, 15) is 54.9 Å². The van der Waals surface area contributed by atoms with Crippen molar-refractivity contribution in [2.45, 2.75) is 49.8 Å². The molecule has 44 heavy (non-hydrogen) atoms. The third kappa shape index (κ3) is 3.67. The van der Waals surface area contributed by atoms with Gasteiger partial charge in [-0.1, -0.05) is 0 Å². The first-order valence-electron chi connectivity index (χ1n) is 13.6. The van der Waals surface area contributed by atoms with Crippen LogP contribution in [0.15, 0.2) is 47.2 Å². The zero-order valence-electron chi connectivity index (χ0n) is 22.5. The van der Waals surface area contributed by atoms with Crippen LogP contribution in [0.25, 0.3) is 0 Å². The van der Waals surface area contributed by atoms with Gasteiger partial charge in [-0.2, -0.15) is 0 Å². The van der Waals surface area contributed by atoms with E-state index in [0.29, 0.717) is 6.08 Å². The second-order valence-corrected chi connectivity index (χ2v) is 11.5. The summed E-state index contributed by atoms with van der Waals surface area (Å²) in [5, 5.41) is 73.7. The standard InChI is InChI=1S/C30H24O14/c31-10-3-13(32)11-6-20-28(44-19(11)4-10)30-8-21(42-20)25(38)26(39)23(30)24(37)16(35)5-12(22(30)29(40)41)27-17(36)2-9-1-14(33)15(34)7-18(9)43-27/h1,3-5,7,17,20-22,27-28,31-34,36,39H,2,6,8H2,(H,40,41)/t17-,20-,21+,22-,27-,28+,30+/m1/s1. The molecule has 2 aromatic rings. The minimum absolute atomic E-state index is 0.0323. The number of aliphatic hydroxyl groups is 2. The average molecular weight is 609 g/mol. The maximum Gasteiger partial charge on any atom is 0.311 e. The van der Waals surface area contributed by atoms with Gasteiger partial charge >= 0.3 is 5.97 Å². The Morgan fingerprint density at radius 2 is 1.61 bits per heavy atom. The number of aliphatic hydroxyl groups excluding tert-OH is 2. The summed E-state index contributed by atoms with van der Waals surface area (Å²) in [7, 11) is 0. The minimum Gasteiger partial charge on any atom is -0.508 e. The number of Topliss-reactive ketones (excluding diaryl/α,β-unsaturated/α-hetero) is 2. The Kier molecular flexibility index (Phi) is 5.80. The number of carbonyl (C=O) groups excluding carboxylic acids is 3. The molecule has 7 rings (SSSR count). The van der Waals surface area contributed by atoms with E-state index >= 15 is 0 Å². The molecule has 14 nitrogen and oxygen atoms in total. The molecule has 228 valence electrons. The molecule has 0 saturated carbocycles. The Morgan fingerprint density at radius 3 is 2.34 bits per heavy atom. The molecular weight excluding hydrogens is 584 g/mol. The summed E-state index contributed by atoms with van der Waals surface area (Å²) in [4.78, 5) is 53.6. The van der Waals surface area contributed by atoms with E-state index < -0.39 is 100 Å². The number of benzene rings is 2. The van der Waals surface area contributed by atoms with Gasteiger partial charge in [0, 0.05) is 42.2 Å². The molecule has 3 aliphatic heterocycles. The third-order valence-electron chi connectivity index (χ3n) is 9.13. The normalized spacial score (nSPS) is 32.2. The fourth-order valence-electron chi connectivity index (χ4n) is 7.36. The van der Waals surface area contributed by atoms with Crippen LogP contribution in [0.2, 0.25) is 0 Å². The molecule has 2 bridgehead atoms. The van der Waals surface area contributed by atoms with E-state index in [4.69, 9.17) is 14.2 Å². The number of phenolic OH excluding ortho intramolecular Hbond substituents is 4. The van der Waals surface area contributed by atoms with Crippen LogP contribution < -0.4 is 9.47 Å². The first-order chi connectivity index (χ1) is 20.8. The van der Waals surface area contributed by atoms with Gasteiger partial charge < -0.3 is 50.0 Å². The van der Waals surface area contributed by atoms with Crippen LogP contribution in [-0.2, 0) is 36.8 Å². The number of rotatable bonds is 2. The summed E-state index contributed by atoms with van der Waals surface area (Å²) >= 11 is 0. The Bertz CT molecular complexity index is 1770. The van der Waals surface area contributed by atoms with Crippen LogP contribution in [0.1, 0.15) is 17.5 Å². The van der Waals surface area contributed by atoms with Crippen molar-refractivity contribution in [1.29, 1.82) is 0 Å². The van der Waals surface area contributed by atoms with Crippen molar-refractivity contribution >= 4 is 23.3 Å². The van der Waals surface area contributed by atoms with Crippen molar-refractivity contribution in [3.8, 4) is 34.5 Å². The zero-order chi connectivity index (χ0) is 31.4. The van der Waals surface area contributed by atoms with E-state index in [0.717, 1.165) is 24.3 Å². The predicted molar refractivity (Wildman–Crippen MR) is 141 cm³/mol. The molecule has 1 fully saturated rings. The number of fused-ring (bicyclic) bond motifs is 4. The van der Waals surface area contributed by atoms with E-state index in [1.54, 1.807) is 0 Å². The van der Waals surface area contributed by atoms with Crippen molar-refractivity contribution in [2.24, 2.45) is 11.3 Å². The number of hydrogen-bond acceptors (Lipinski definition) is 13. The fourth-order valence-corrected chi connectivity index (χ4v) is 7.36. The summed E-state index contributed by atoms with van der Waals surface area (Å²) in [6.07, 6.45) is -7.38. The molecule has 0 amide bonds. The largest absolute Gasteiger partial charge is 0.508 e. The molecule has 2 aromatic carbocycles. The summed E-state index contributed by atoms with van der Waals surface area (Å²) in [6.45, 7) is 0. The lowest BCUT2D eigenvalue weighted by atomic mass is 9.54. The number of allylic oxidation sites excluding steroid dienone is 1. The Morgan fingerprint density at radius 1 is 0.886 bits per heavy atom. The van der Waals surface area contributed by atoms with Gasteiger partial charge in [0.2, 0.25) is 17.3 Å². The van der Waals surface area contributed by atoms with Crippen LogP contribution in [0.4, 0.5) is 0 Å². The fraction of sp³-hybridized carbons (Fsp3) is 0.333. The molecule has 7 atom stereocenters. The van der Waals surface area contributed by atoms with Gasteiger partial charge in [-0.25, -0.2) is 0 Å². The second-order valence-electron chi connectivity index (χ2n) is 11.5. The van der Waals surface area contributed by atoms with Crippen LogP contribution in [0.5, 0.6) is 34.5 Å². The molecule has 1 spiro atoms. The monoisotopic (exact) mass is 608 g/mol. The van der Waals surface area contributed by atoms with Gasteiger partial charge in [0.25, 0.3) is 0 Å². The molecule has 2 aliphatic carbocycles. The first kappa shape index (κ1) is 27.7. The Balaban J connectivity index is 1.45. The zero-order valence-corrected chi connectivity index (χ0v) is 22.5. The third-order valence-corrected chi connectivity index (χ3v) is 9.13. The number of ketones is 3. The number of carboxylic acid groups (broad SMARTS) is 1. The molecular formula is C30H24O14. The maximum absolute atomic E-state index is 13.7. The Hall–Kier alpha value is -5.08. The van der Waals surface area contributed by atoms with Gasteiger partial charge in [-0.15, -0.1) is 0 Å². The lowest BCUT2D eigenvalue weighted by Gasteiger charge is -2.56. The number of aliphatic carboxylic acids is 1. The van der Waals surface area contributed by atoms with E-state index in [2.05, 4.69) is 0 Å². The average Bonchev–Trinajstić information content (AvgIpc) is 3.04. The molecule has 0 radical (unpaired) electrons. The predicted octanol–water partition coefficient (Wildman–Crippen LogP) is 0.495. The molecule has 5 aliphatic rings. The van der Waals surface area contributed by atoms with Gasteiger partial charge in [-0.05, 0) is 24.1 Å². The van der Waals surface area contributed by atoms with Crippen LogP contribution in [0, 0.1) is 11.3 Å². The number of phenols is 4. The minimum atomic E-state index is -2.15. The smallest absolute Gasteiger partial charge is 0.311 e. The molecule has 7 N–H and O–H groups in total.